The Labute approximate surface area is 235 Å². The number of benzene rings is 6. The van der Waals surface area contributed by atoms with E-state index in [-0.39, 0.29) is 0 Å². The van der Waals surface area contributed by atoms with Crippen LogP contribution >= 0.6 is 11.3 Å². The second-order valence-corrected chi connectivity index (χ2v) is 11.3. The zero-order chi connectivity index (χ0) is 26.2. The summed E-state index contributed by atoms with van der Waals surface area (Å²) in [5.74, 6) is 0. The average Bonchev–Trinajstić information content (AvgIpc) is 3.56. The number of rotatable bonds is 1. The molecule has 9 rings (SSSR count). The van der Waals surface area contributed by atoms with E-state index >= 15 is 0 Å². The molecular formula is C37H22N2S. The van der Waals surface area contributed by atoms with Crippen molar-refractivity contribution >= 4 is 37.5 Å². The first kappa shape index (κ1) is 21.9. The topological polar surface area (TPSA) is 17.3 Å². The molecule has 186 valence electrons. The van der Waals surface area contributed by atoms with Gasteiger partial charge in [0.2, 0.25) is 0 Å². The van der Waals surface area contributed by atoms with Crippen LogP contribution in [0, 0.1) is 0 Å². The van der Waals surface area contributed by atoms with Crippen molar-refractivity contribution in [2.45, 2.75) is 0 Å². The minimum atomic E-state index is 1.03. The van der Waals surface area contributed by atoms with Crippen LogP contribution in [0.2, 0.25) is 0 Å². The van der Waals surface area contributed by atoms with Gasteiger partial charge in [-0.25, -0.2) is 4.98 Å². The van der Waals surface area contributed by atoms with Gasteiger partial charge in [-0.05, 0) is 74.3 Å². The summed E-state index contributed by atoms with van der Waals surface area (Å²) in [7, 11) is 0. The Morgan fingerprint density at radius 2 is 0.925 bits per heavy atom. The maximum Gasteiger partial charge on any atom is 0.195 e. The lowest BCUT2D eigenvalue weighted by molar-refractivity contribution is 1.35. The van der Waals surface area contributed by atoms with Crippen LogP contribution in [0.1, 0.15) is 0 Å². The van der Waals surface area contributed by atoms with E-state index in [0.29, 0.717) is 0 Å². The van der Waals surface area contributed by atoms with Crippen molar-refractivity contribution in [2.75, 3.05) is 0 Å². The molecule has 0 amide bonds. The van der Waals surface area contributed by atoms with Gasteiger partial charge in [-0.2, -0.15) is 0 Å². The fraction of sp³-hybridized carbons (Fsp3) is 0. The SMILES string of the molecule is c1ccc2c(c1)-c1ccccc1-c1ccc(-c3cccc4c3sc3nc5ccccc5n34)cc1-c1ccccc1-2. The largest absolute Gasteiger partial charge is 0.283 e. The lowest BCUT2D eigenvalue weighted by Crippen LogP contribution is -1.97. The Morgan fingerprint density at radius 1 is 0.425 bits per heavy atom. The van der Waals surface area contributed by atoms with E-state index in [1.807, 2.05) is 0 Å². The van der Waals surface area contributed by atoms with Crippen LogP contribution in [0.4, 0.5) is 0 Å². The summed E-state index contributed by atoms with van der Waals surface area (Å²) < 4.78 is 3.56. The highest BCUT2D eigenvalue weighted by Crippen LogP contribution is 2.49. The normalized spacial score (nSPS) is 12.0. The molecule has 8 aromatic rings. The van der Waals surface area contributed by atoms with Gasteiger partial charge in [0.15, 0.2) is 4.96 Å². The second kappa shape index (κ2) is 8.25. The van der Waals surface area contributed by atoms with Crippen molar-refractivity contribution in [2.24, 2.45) is 0 Å². The molecule has 0 aliphatic heterocycles. The van der Waals surface area contributed by atoms with Gasteiger partial charge in [-0.3, -0.25) is 4.40 Å². The van der Waals surface area contributed by atoms with Crippen molar-refractivity contribution in [3.05, 3.63) is 133 Å². The van der Waals surface area contributed by atoms with Crippen molar-refractivity contribution in [3.63, 3.8) is 0 Å². The first-order valence-electron chi connectivity index (χ1n) is 13.6. The van der Waals surface area contributed by atoms with Gasteiger partial charge < -0.3 is 0 Å². The van der Waals surface area contributed by atoms with Crippen LogP contribution in [0.5, 0.6) is 0 Å². The van der Waals surface area contributed by atoms with Crippen LogP contribution in [-0.2, 0) is 0 Å². The predicted octanol–water partition coefficient (Wildman–Crippen LogP) is 10.4. The smallest absolute Gasteiger partial charge is 0.195 e. The van der Waals surface area contributed by atoms with Crippen molar-refractivity contribution in [1.82, 2.24) is 9.38 Å². The molecule has 2 heterocycles. The summed E-state index contributed by atoms with van der Waals surface area (Å²) in [5, 5.41) is 0. The third-order valence-corrected chi connectivity index (χ3v) is 9.32. The fourth-order valence-corrected chi connectivity index (χ4v) is 7.63. The van der Waals surface area contributed by atoms with Crippen LogP contribution in [-0.4, -0.2) is 9.38 Å². The maximum atomic E-state index is 4.94. The zero-order valence-electron chi connectivity index (χ0n) is 21.5. The minimum absolute atomic E-state index is 1.03. The monoisotopic (exact) mass is 526 g/mol. The summed E-state index contributed by atoms with van der Waals surface area (Å²) in [6.45, 7) is 0. The number of fused-ring (bicyclic) bond motifs is 13. The van der Waals surface area contributed by atoms with E-state index in [4.69, 9.17) is 4.98 Å². The molecule has 0 N–H and O–H groups in total. The Bertz CT molecular complexity index is 2280. The predicted molar refractivity (Wildman–Crippen MR) is 169 cm³/mol. The van der Waals surface area contributed by atoms with Crippen LogP contribution in [0.15, 0.2) is 133 Å². The lowest BCUT2D eigenvalue weighted by atomic mass is 9.80. The Morgan fingerprint density at radius 3 is 1.57 bits per heavy atom. The highest BCUT2D eigenvalue weighted by molar-refractivity contribution is 7.24. The number of imidazole rings is 1. The summed E-state index contributed by atoms with van der Waals surface area (Å²) in [5.41, 5.74) is 16.0. The van der Waals surface area contributed by atoms with E-state index in [1.54, 1.807) is 11.3 Å². The van der Waals surface area contributed by atoms with E-state index in [0.717, 1.165) is 16.0 Å². The van der Waals surface area contributed by atoms with Crippen LogP contribution < -0.4 is 0 Å². The summed E-state index contributed by atoms with van der Waals surface area (Å²) in [6, 6.07) is 48.5. The number of hydrogen-bond donors (Lipinski definition) is 0. The van der Waals surface area contributed by atoms with Gasteiger partial charge in [0.1, 0.15) is 0 Å². The minimum Gasteiger partial charge on any atom is -0.283 e. The van der Waals surface area contributed by atoms with Crippen molar-refractivity contribution < 1.29 is 0 Å². The Balaban J connectivity index is 1.34. The molecule has 2 aromatic heterocycles. The highest BCUT2D eigenvalue weighted by Gasteiger charge is 2.22. The number of aromatic nitrogens is 2. The van der Waals surface area contributed by atoms with Gasteiger partial charge in [-0.1, -0.05) is 121 Å². The number of nitrogens with zero attached hydrogens (tertiary/aromatic N) is 2. The molecule has 0 bridgehead atoms. The van der Waals surface area contributed by atoms with E-state index in [1.165, 1.54) is 65.9 Å². The third-order valence-electron chi connectivity index (χ3n) is 8.23. The van der Waals surface area contributed by atoms with Crippen LogP contribution in [0.3, 0.4) is 0 Å². The summed E-state index contributed by atoms with van der Waals surface area (Å²) in [4.78, 5) is 5.97. The Kier molecular flexibility index (Phi) is 4.52. The molecule has 0 spiro atoms. The molecule has 1 aliphatic carbocycles. The molecule has 0 saturated carbocycles. The number of hydrogen-bond acceptors (Lipinski definition) is 2. The van der Waals surface area contributed by atoms with Gasteiger partial charge >= 0.3 is 0 Å². The van der Waals surface area contributed by atoms with Crippen molar-refractivity contribution in [1.29, 1.82) is 0 Å². The molecule has 0 unspecified atom stereocenters. The van der Waals surface area contributed by atoms with Gasteiger partial charge in [0.25, 0.3) is 0 Å². The number of para-hydroxylation sites is 2. The van der Waals surface area contributed by atoms with E-state index in [9.17, 15) is 0 Å². The van der Waals surface area contributed by atoms with E-state index in [2.05, 4.69) is 138 Å². The first-order valence-corrected chi connectivity index (χ1v) is 14.4. The average molecular weight is 527 g/mol. The molecule has 2 nitrogen and oxygen atoms in total. The van der Waals surface area contributed by atoms with Gasteiger partial charge in [0.05, 0.1) is 21.3 Å². The molecule has 3 heteroatoms. The van der Waals surface area contributed by atoms with Gasteiger partial charge in [0, 0.05) is 5.56 Å². The molecule has 1 aliphatic rings. The molecule has 0 atom stereocenters. The van der Waals surface area contributed by atoms with Crippen molar-refractivity contribution in [3.8, 4) is 55.6 Å². The molecule has 6 aromatic carbocycles. The zero-order valence-corrected chi connectivity index (χ0v) is 22.3. The summed E-state index contributed by atoms with van der Waals surface area (Å²) >= 11 is 1.77. The Hall–Kier alpha value is -4.99. The molecular weight excluding hydrogens is 504 g/mol. The standard InChI is InChI=1S/C37H22N2S/c1-2-11-26-25(10-1)27-12-3-4-14-29(27)31-21-20-23(22-32(31)30-15-6-5-13-28(26)30)24-16-9-19-35-36(24)40-37-38-33-17-7-8-18-34(33)39(35)37/h1-22H. The summed E-state index contributed by atoms with van der Waals surface area (Å²) in [6.07, 6.45) is 0. The number of thiazole rings is 1. The molecule has 0 saturated heterocycles. The van der Waals surface area contributed by atoms with Gasteiger partial charge in [-0.15, -0.1) is 0 Å². The molecule has 40 heavy (non-hydrogen) atoms. The quantitative estimate of drug-likeness (QED) is 0.208. The van der Waals surface area contributed by atoms with E-state index < -0.39 is 0 Å². The fourth-order valence-electron chi connectivity index (χ4n) is 6.46. The molecule has 0 fully saturated rings. The third kappa shape index (κ3) is 3.01. The highest BCUT2D eigenvalue weighted by atomic mass is 32.1. The second-order valence-electron chi connectivity index (χ2n) is 10.4. The molecule has 0 radical (unpaired) electrons. The first-order chi connectivity index (χ1) is 19.8. The maximum absolute atomic E-state index is 4.94. The van der Waals surface area contributed by atoms with Crippen LogP contribution in [0.25, 0.3) is 81.8 Å². The lowest BCUT2D eigenvalue weighted by Gasteiger charge is -2.23.